The van der Waals surface area contributed by atoms with Gasteiger partial charge in [0, 0.05) is 38.8 Å². The fourth-order valence-corrected chi connectivity index (χ4v) is 4.55. The number of halogens is 1. The highest BCUT2D eigenvalue weighted by Gasteiger charge is 2.19. The van der Waals surface area contributed by atoms with E-state index in [1.54, 1.807) is 26.0 Å². The second kappa shape index (κ2) is 11.7. The molecule has 202 valence electrons. The first-order chi connectivity index (χ1) is 18.9. The third-order valence-corrected chi connectivity index (χ3v) is 6.65. The van der Waals surface area contributed by atoms with Gasteiger partial charge in [0.15, 0.2) is 0 Å². The van der Waals surface area contributed by atoms with Crippen molar-refractivity contribution >= 4 is 17.6 Å². The van der Waals surface area contributed by atoms with Gasteiger partial charge in [-0.1, -0.05) is 36.4 Å². The predicted molar refractivity (Wildman–Crippen MR) is 142 cm³/mol. The van der Waals surface area contributed by atoms with Crippen molar-refractivity contribution in [2.45, 2.75) is 33.5 Å². The molecule has 2 N–H and O–H groups in total. The quantitative estimate of drug-likeness (QED) is 0.359. The van der Waals surface area contributed by atoms with Crippen molar-refractivity contribution in [1.82, 2.24) is 35.1 Å². The van der Waals surface area contributed by atoms with E-state index in [0.717, 1.165) is 44.0 Å². The van der Waals surface area contributed by atoms with Crippen LogP contribution < -0.4 is 10.6 Å². The zero-order chi connectivity index (χ0) is 27.4. The summed E-state index contributed by atoms with van der Waals surface area (Å²) in [5, 5.41) is 9.76. The van der Waals surface area contributed by atoms with Crippen LogP contribution in [0.1, 0.15) is 48.8 Å². The van der Waals surface area contributed by atoms with Crippen molar-refractivity contribution in [2.75, 3.05) is 26.3 Å². The number of carbonyl (C=O) groups excluding carboxylic acids is 2. The van der Waals surface area contributed by atoms with E-state index in [1.165, 1.54) is 22.5 Å². The summed E-state index contributed by atoms with van der Waals surface area (Å²) in [4.78, 5) is 36.7. The number of amides is 2. The van der Waals surface area contributed by atoms with Crippen LogP contribution in [0, 0.1) is 19.7 Å². The van der Waals surface area contributed by atoms with Gasteiger partial charge in [-0.25, -0.2) is 9.37 Å². The minimum Gasteiger partial charge on any atom is -0.379 e. The van der Waals surface area contributed by atoms with Gasteiger partial charge in [0.25, 0.3) is 17.6 Å². The van der Waals surface area contributed by atoms with Crippen molar-refractivity contribution < 1.29 is 18.7 Å². The van der Waals surface area contributed by atoms with Crippen LogP contribution in [0.15, 0.2) is 48.8 Å². The molecule has 10 nitrogen and oxygen atoms in total. The zero-order valence-electron chi connectivity index (χ0n) is 21.9. The Morgan fingerprint density at radius 1 is 0.923 bits per heavy atom. The molecule has 0 bridgehead atoms. The molecule has 2 aromatic carbocycles. The number of fused-ring (bicyclic) bond motifs is 1. The fraction of sp³-hybridized carbons (Fsp3) is 0.321. The second-order valence-electron chi connectivity index (χ2n) is 9.61. The third kappa shape index (κ3) is 6.27. The Labute approximate surface area is 225 Å². The van der Waals surface area contributed by atoms with Crippen molar-refractivity contribution in [3.05, 3.63) is 93.8 Å². The normalized spacial score (nSPS) is 13.9. The highest BCUT2D eigenvalue weighted by Crippen LogP contribution is 2.15. The Hall–Kier alpha value is -4.22. The molecule has 1 aliphatic rings. The minimum atomic E-state index is -0.481. The summed E-state index contributed by atoms with van der Waals surface area (Å²) >= 11 is 0. The van der Waals surface area contributed by atoms with Crippen LogP contribution in [-0.4, -0.2) is 62.6 Å². The molecule has 0 radical (unpaired) electrons. The van der Waals surface area contributed by atoms with Crippen LogP contribution in [0.3, 0.4) is 0 Å². The first kappa shape index (κ1) is 26.4. The number of nitrogens with one attached hydrogen (secondary N) is 2. The maximum absolute atomic E-state index is 13.9. The molecule has 5 rings (SSSR count). The lowest BCUT2D eigenvalue weighted by Gasteiger charge is -2.26. The first-order valence-corrected chi connectivity index (χ1v) is 12.8. The molecule has 3 heterocycles. The van der Waals surface area contributed by atoms with E-state index in [9.17, 15) is 14.0 Å². The lowest BCUT2D eigenvalue weighted by Crippen LogP contribution is -2.35. The topological polar surface area (TPSA) is 114 Å². The van der Waals surface area contributed by atoms with Crippen molar-refractivity contribution in [3.8, 4) is 0 Å². The number of hydrogen-bond acceptors (Lipinski definition) is 7. The summed E-state index contributed by atoms with van der Waals surface area (Å²) in [7, 11) is 0. The number of aromatic nitrogens is 4. The summed E-state index contributed by atoms with van der Waals surface area (Å²) in [6, 6.07) is 12.9. The van der Waals surface area contributed by atoms with Gasteiger partial charge in [0.2, 0.25) is 0 Å². The van der Waals surface area contributed by atoms with Crippen LogP contribution in [0.2, 0.25) is 0 Å². The molecule has 1 fully saturated rings. The van der Waals surface area contributed by atoms with E-state index >= 15 is 0 Å². The standard InChI is InChI=1S/C28H30FN7O3/c1-18-11-22(12-19(2)25(18)29)15-30-26(37)23-13-24(36-28(34-23)32-17-33-36)27(38)31-14-20-3-5-21(6-4-20)16-35-7-9-39-10-8-35/h3-6,11-13,17H,7-10,14-16H2,1-2H3,(H,30,37)(H,31,38). The third-order valence-electron chi connectivity index (χ3n) is 6.65. The minimum absolute atomic E-state index is 0.0312. The molecule has 0 unspecified atom stereocenters. The molecule has 0 spiro atoms. The van der Waals surface area contributed by atoms with Crippen molar-refractivity contribution in [3.63, 3.8) is 0 Å². The molecule has 4 aromatic rings. The lowest BCUT2D eigenvalue weighted by atomic mass is 10.1. The number of nitrogens with zero attached hydrogens (tertiary/aromatic N) is 5. The van der Waals surface area contributed by atoms with Gasteiger partial charge in [0.05, 0.1) is 13.2 Å². The maximum Gasteiger partial charge on any atom is 0.270 e. The van der Waals surface area contributed by atoms with Gasteiger partial charge in [-0.15, -0.1) is 0 Å². The van der Waals surface area contributed by atoms with Gasteiger partial charge >= 0.3 is 0 Å². The molecular formula is C28H30FN7O3. The van der Waals surface area contributed by atoms with E-state index in [0.29, 0.717) is 17.7 Å². The monoisotopic (exact) mass is 531 g/mol. The first-order valence-electron chi connectivity index (χ1n) is 12.8. The summed E-state index contributed by atoms with van der Waals surface area (Å²) in [5.74, 6) is -1.02. The number of morpholine rings is 1. The molecule has 2 aromatic heterocycles. The summed E-state index contributed by atoms with van der Waals surface area (Å²) in [5.41, 5.74) is 4.09. The van der Waals surface area contributed by atoms with Crippen LogP contribution >= 0.6 is 0 Å². The maximum atomic E-state index is 13.9. The molecule has 1 aliphatic heterocycles. The Bertz CT molecular complexity index is 1470. The van der Waals surface area contributed by atoms with Crippen molar-refractivity contribution in [1.29, 1.82) is 0 Å². The summed E-state index contributed by atoms with van der Waals surface area (Å²) < 4.78 is 20.6. The predicted octanol–water partition coefficient (Wildman–Crippen LogP) is 2.57. The summed E-state index contributed by atoms with van der Waals surface area (Å²) in [6.07, 6.45) is 1.28. The number of benzene rings is 2. The van der Waals surface area contributed by atoms with Gasteiger partial charge in [0.1, 0.15) is 23.5 Å². The van der Waals surface area contributed by atoms with Gasteiger partial charge in [-0.3, -0.25) is 14.5 Å². The Morgan fingerprint density at radius 3 is 2.28 bits per heavy atom. The zero-order valence-corrected chi connectivity index (χ0v) is 21.9. The largest absolute Gasteiger partial charge is 0.379 e. The Morgan fingerprint density at radius 2 is 1.56 bits per heavy atom. The fourth-order valence-electron chi connectivity index (χ4n) is 4.55. The highest BCUT2D eigenvalue weighted by molar-refractivity contribution is 5.98. The summed E-state index contributed by atoms with van der Waals surface area (Å²) in [6.45, 7) is 8.08. The molecule has 0 saturated carbocycles. The molecule has 2 amide bonds. The number of rotatable bonds is 8. The number of ether oxygens (including phenoxy) is 1. The van der Waals surface area contributed by atoms with E-state index in [4.69, 9.17) is 4.74 Å². The lowest BCUT2D eigenvalue weighted by molar-refractivity contribution is 0.0342. The van der Waals surface area contributed by atoms with E-state index < -0.39 is 11.8 Å². The van der Waals surface area contributed by atoms with E-state index in [-0.39, 0.29) is 29.5 Å². The van der Waals surface area contributed by atoms with E-state index in [2.05, 4.69) is 42.7 Å². The number of aryl methyl sites for hydroxylation is 2. The smallest absolute Gasteiger partial charge is 0.270 e. The Balaban J connectivity index is 1.24. The average molecular weight is 532 g/mol. The molecule has 39 heavy (non-hydrogen) atoms. The SMILES string of the molecule is Cc1cc(CNC(=O)c2cc(C(=O)NCc3ccc(CN4CCOCC4)cc3)n3ncnc3n2)cc(C)c1F. The van der Waals surface area contributed by atoms with Gasteiger partial charge in [-0.05, 0) is 41.7 Å². The van der Waals surface area contributed by atoms with E-state index in [1.807, 2.05) is 12.1 Å². The Kier molecular flexibility index (Phi) is 7.89. The molecular weight excluding hydrogens is 501 g/mol. The molecule has 1 saturated heterocycles. The van der Waals surface area contributed by atoms with Crippen LogP contribution in [0.5, 0.6) is 0 Å². The van der Waals surface area contributed by atoms with Crippen LogP contribution in [-0.2, 0) is 24.4 Å². The van der Waals surface area contributed by atoms with Crippen molar-refractivity contribution in [2.24, 2.45) is 0 Å². The molecule has 0 aliphatic carbocycles. The molecule has 0 atom stereocenters. The number of carbonyl (C=O) groups is 2. The second-order valence-corrected chi connectivity index (χ2v) is 9.61. The average Bonchev–Trinajstić information content (AvgIpc) is 3.43. The van der Waals surface area contributed by atoms with Gasteiger partial charge in [-0.2, -0.15) is 14.6 Å². The number of hydrogen-bond donors (Lipinski definition) is 2. The van der Waals surface area contributed by atoms with Gasteiger partial charge < -0.3 is 15.4 Å². The highest BCUT2D eigenvalue weighted by atomic mass is 19.1. The van der Waals surface area contributed by atoms with Crippen LogP contribution in [0.4, 0.5) is 4.39 Å². The molecule has 11 heteroatoms. The van der Waals surface area contributed by atoms with Crippen LogP contribution in [0.25, 0.3) is 5.78 Å².